The van der Waals surface area contributed by atoms with Gasteiger partial charge in [-0.3, -0.25) is 9.58 Å². The van der Waals surface area contributed by atoms with Gasteiger partial charge in [-0.25, -0.2) is 0 Å². The van der Waals surface area contributed by atoms with Crippen LogP contribution in [0.3, 0.4) is 0 Å². The van der Waals surface area contributed by atoms with E-state index in [9.17, 15) is 0 Å². The van der Waals surface area contributed by atoms with E-state index < -0.39 is 0 Å². The molecule has 0 radical (unpaired) electrons. The van der Waals surface area contributed by atoms with E-state index in [4.69, 9.17) is 0 Å². The molecule has 0 aliphatic carbocycles. The van der Waals surface area contributed by atoms with Crippen molar-refractivity contribution in [3.63, 3.8) is 0 Å². The molecule has 14 heavy (non-hydrogen) atoms. The fraction of sp³-hybridized carbons (Fsp3) is 0.700. The van der Waals surface area contributed by atoms with Gasteiger partial charge in [-0.2, -0.15) is 5.10 Å². The molecule has 2 rings (SSSR count). The van der Waals surface area contributed by atoms with Crippen LogP contribution >= 0.6 is 0 Å². The molecule has 1 N–H and O–H groups in total. The summed E-state index contributed by atoms with van der Waals surface area (Å²) < 4.78 is 1.99. The van der Waals surface area contributed by atoms with Gasteiger partial charge >= 0.3 is 0 Å². The molecule has 2 heterocycles. The lowest BCUT2D eigenvalue weighted by Crippen LogP contribution is -2.44. The first-order valence-corrected chi connectivity index (χ1v) is 5.10. The van der Waals surface area contributed by atoms with Crippen LogP contribution in [0.2, 0.25) is 0 Å². The largest absolute Gasteiger partial charge is 0.313 e. The van der Waals surface area contributed by atoms with E-state index in [1.165, 1.54) is 5.69 Å². The molecular weight excluding hydrogens is 176 g/mol. The van der Waals surface area contributed by atoms with E-state index in [1.54, 1.807) is 0 Å². The second-order valence-corrected chi connectivity index (χ2v) is 4.03. The average molecular weight is 194 g/mol. The topological polar surface area (TPSA) is 33.1 Å². The lowest BCUT2D eigenvalue weighted by atomic mass is 10.1. The summed E-state index contributed by atoms with van der Waals surface area (Å²) >= 11 is 0. The number of aromatic nitrogens is 2. The molecule has 1 saturated heterocycles. The van der Waals surface area contributed by atoms with E-state index in [0.29, 0.717) is 6.04 Å². The van der Waals surface area contributed by atoms with Gasteiger partial charge in [0, 0.05) is 26.7 Å². The standard InChI is InChI=1S/C10H18N4/c1-8-6-9(14(3)12-8)10-7-11-4-5-13(10)2/h6,10-11H,4-5,7H2,1-3H3. The van der Waals surface area contributed by atoms with Crippen LogP contribution in [0, 0.1) is 6.92 Å². The van der Waals surface area contributed by atoms with Crippen molar-refractivity contribution in [2.24, 2.45) is 7.05 Å². The molecule has 4 nitrogen and oxygen atoms in total. The van der Waals surface area contributed by atoms with E-state index in [1.807, 2.05) is 18.7 Å². The first kappa shape index (κ1) is 9.68. The summed E-state index contributed by atoms with van der Waals surface area (Å²) in [4.78, 5) is 2.38. The molecule has 0 aromatic carbocycles. The summed E-state index contributed by atoms with van der Waals surface area (Å²) in [6.07, 6.45) is 0. The van der Waals surface area contributed by atoms with E-state index in [0.717, 1.165) is 25.3 Å². The normalized spacial score (nSPS) is 24.1. The molecule has 1 aliphatic rings. The molecule has 0 amide bonds. The van der Waals surface area contributed by atoms with Crippen LogP contribution in [-0.2, 0) is 7.05 Å². The fourth-order valence-electron chi connectivity index (χ4n) is 2.08. The molecule has 4 heteroatoms. The van der Waals surface area contributed by atoms with Crippen LogP contribution in [0.4, 0.5) is 0 Å². The lowest BCUT2D eigenvalue weighted by Gasteiger charge is -2.32. The molecule has 0 saturated carbocycles. The smallest absolute Gasteiger partial charge is 0.0641 e. The van der Waals surface area contributed by atoms with E-state index >= 15 is 0 Å². The average Bonchev–Trinajstić information content (AvgIpc) is 2.46. The van der Waals surface area contributed by atoms with Crippen LogP contribution in [0.5, 0.6) is 0 Å². The predicted molar refractivity (Wildman–Crippen MR) is 56.2 cm³/mol. The van der Waals surface area contributed by atoms with Crippen molar-refractivity contribution in [3.8, 4) is 0 Å². The van der Waals surface area contributed by atoms with E-state index in [2.05, 4.69) is 28.4 Å². The van der Waals surface area contributed by atoms with Crippen molar-refractivity contribution >= 4 is 0 Å². The van der Waals surface area contributed by atoms with Gasteiger partial charge in [-0.1, -0.05) is 0 Å². The maximum atomic E-state index is 4.38. The SMILES string of the molecule is Cc1cc(C2CNCCN2C)n(C)n1. The summed E-state index contributed by atoms with van der Waals surface area (Å²) in [7, 11) is 4.19. The van der Waals surface area contributed by atoms with Crippen molar-refractivity contribution in [3.05, 3.63) is 17.5 Å². The Kier molecular flexibility index (Phi) is 2.56. The third kappa shape index (κ3) is 1.67. The summed E-state index contributed by atoms with van der Waals surface area (Å²) in [5.74, 6) is 0. The highest BCUT2D eigenvalue weighted by atomic mass is 15.3. The van der Waals surface area contributed by atoms with Gasteiger partial charge in [0.25, 0.3) is 0 Å². The van der Waals surface area contributed by atoms with Crippen LogP contribution in [0.15, 0.2) is 6.07 Å². The Morgan fingerprint density at radius 3 is 2.86 bits per heavy atom. The summed E-state index contributed by atoms with van der Waals surface area (Å²) in [5, 5.41) is 7.80. The van der Waals surface area contributed by atoms with Crippen molar-refractivity contribution in [1.82, 2.24) is 20.0 Å². The fourth-order valence-corrected chi connectivity index (χ4v) is 2.08. The quantitative estimate of drug-likeness (QED) is 0.698. The zero-order chi connectivity index (χ0) is 10.1. The Hall–Kier alpha value is -0.870. The number of hydrogen-bond acceptors (Lipinski definition) is 3. The number of piperazine rings is 1. The Balaban J connectivity index is 2.24. The van der Waals surface area contributed by atoms with Gasteiger partial charge < -0.3 is 5.32 Å². The third-order valence-electron chi connectivity index (χ3n) is 2.89. The van der Waals surface area contributed by atoms with Gasteiger partial charge in [0.2, 0.25) is 0 Å². The first-order chi connectivity index (χ1) is 6.68. The third-order valence-corrected chi connectivity index (χ3v) is 2.89. The van der Waals surface area contributed by atoms with Crippen LogP contribution in [-0.4, -0.2) is 41.4 Å². The van der Waals surface area contributed by atoms with Gasteiger partial charge in [0.05, 0.1) is 17.4 Å². The van der Waals surface area contributed by atoms with Crippen LogP contribution < -0.4 is 5.32 Å². The molecule has 0 bridgehead atoms. The highest BCUT2D eigenvalue weighted by molar-refractivity contribution is 5.14. The maximum absolute atomic E-state index is 4.38. The van der Waals surface area contributed by atoms with Crippen molar-refractivity contribution in [1.29, 1.82) is 0 Å². The number of hydrogen-bond donors (Lipinski definition) is 1. The molecule has 1 aromatic rings. The Bertz CT molecular complexity index is 318. The minimum atomic E-state index is 0.468. The Morgan fingerprint density at radius 1 is 1.50 bits per heavy atom. The van der Waals surface area contributed by atoms with Crippen molar-refractivity contribution in [2.45, 2.75) is 13.0 Å². The molecule has 1 atom stereocenters. The number of aryl methyl sites for hydroxylation is 2. The van der Waals surface area contributed by atoms with Crippen LogP contribution in [0.1, 0.15) is 17.4 Å². The number of nitrogens with zero attached hydrogens (tertiary/aromatic N) is 3. The highest BCUT2D eigenvalue weighted by Gasteiger charge is 2.23. The lowest BCUT2D eigenvalue weighted by molar-refractivity contribution is 0.194. The van der Waals surface area contributed by atoms with Gasteiger partial charge in [0.1, 0.15) is 0 Å². The van der Waals surface area contributed by atoms with Gasteiger partial charge in [-0.15, -0.1) is 0 Å². The maximum Gasteiger partial charge on any atom is 0.0641 e. The van der Waals surface area contributed by atoms with Gasteiger partial charge in [0.15, 0.2) is 0 Å². The zero-order valence-electron chi connectivity index (χ0n) is 9.12. The highest BCUT2D eigenvalue weighted by Crippen LogP contribution is 2.20. The molecule has 1 aromatic heterocycles. The summed E-state index contributed by atoms with van der Waals surface area (Å²) in [6, 6.07) is 2.64. The minimum absolute atomic E-state index is 0.468. The Morgan fingerprint density at radius 2 is 2.29 bits per heavy atom. The summed E-state index contributed by atoms with van der Waals surface area (Å²) in [6.45, 7) is 5.26. The first-order valence-electron chi connectivity index (χ1n) is 5.10. The molecule has 78 valence electrons. The van der Waals surface area contributed by atoms with Crippen LogP contribution in [0.25, 0.3) is 0 Å². The van der Waals surface area contributed by atoms with Gasteiger partial charge in [-0.05, 0) is 20.0 Å². The van der Waals surface area contributed by atoms with Crippen molar-refractivity contribution in [2.75, 3.05) is 26.7 Å². The number of rotatable bonds is 1. The summed E-state index contributed by atoms with van der Waals surface area (Å²) in [5.41, 5.74) is 2.40. The monoisotopic (exact) mass is 194 g/mol. The second-order valence-electron chi connectivity index (χ2n) is 4.03. The van der Waals surface area contributed by atoms with Crippen molar-refractivity contribution < 1.29 is 0 Å². The number of likely N-dealkylation sites (N-methyl/N-ethyl adjacent to an activating group) is 1. The number of nitrogens with one attached hydrogen (secondary N) is 1. The second kappa shape index (κ2) is 3.71. The van der Waals surface area contributed by atoms with E-state index in [-0.39, 0.29) is 0 Å². The Labute approximate surface area is 84.9 Å². The molecule has 1 fully saturated rings. The molecular formula is C10H18N4. The predicted octanol–water partition coefficient (Wildman–Crippen LogP) is 0.305. The molecule has 1 unspecified atom stereocenters. The zero-order valence-corrected chi connectivity index (χ0v) is 9.12. The molecule has 0 spiro atoms. The minimum Gasteiger partial charge on any atom is -0.313 e. The molecule has 1 aliphatic heterocycles.